The first kappa shape index (κ1) is 15.2. The number of anilines is 2. The summed E-state index contributed by atoms with van der Waals surface area (Å²) in [6, 6.07) is 5.76. The van der Waals surface area contributed by atoms with Gasteiger partial charge in [-0.2, -0.15) is 0 Å². The molecule has 2 aromatic rings. The van der Waals surface area contributed by atoms with Crippen LogP contribution in [0.2, 0.25) is 0 Å². The first-order valence-corrected chi connectivity index (χ1v) is 7.20. The van der Waals surface area contributed by atoms with Crippen molar-refractivity contribution in [2.75, 3.05) is 24.7 Å². The highest BCUT2D eigenvalue weighted by atomic mass is 32.1. The Bertz CT molecular complexity index is 639. The van der Waals surface area contributed by atoms with Crippen LogP contribution >= 0.6 is 11.3 Å². The number of rotatable bonds is 4. The Kier molecular flexibility index (Phi) is 4.42. The number of hydrogen-bond acceptors (Lipinski definition) is 5. The smallest absolute Gasteiger partial charge is 0.265 e. The van der Waals surface area contributed by atoms with Crippen molar-refractivity contribution in [2.45, 2.75) is 13.0 Å². The van der Waals surface area contributed by atoms with Crippen LogP contribution in [0.15, 0.2) is 24.3 Å². The number of nitrogens with one attached hydrogen (secondary N) is 1. The average molecular weight is 308 g/mol. The van der Waals surface area contributed by atoms with Crippen LogP contribution in [-0.4, -0.2) is 25.0 Å². The van der Waals surface area contributed by atoms with Crippen LogP contribution < -0.4 is 16.0 Å². The number of nitrogens with zero attached hydrogens (tertiary/aromatic N) is 2. The summed E-state index contributed by atoms with van der Waals surface area (Å²) in [7, 11) is 3.67. The number of carbonyl (C=O) groups excluding carboxylic acids is 1. The number of thiazole rings is 1. The molecule has 1 aromatic carbocycles. The molecule has 21 heavy (non-hydrogen) atoms. The Labute approximate surface area is 126 Å². The number of carbonyl (C=O) groups is 1. The zero-order valence-electron chi connectivity index (χ0n) is 12.1. The zero-order valence-corrected chi connectivity index (χ0v) is 12.9. The molecule has 2 rings (SSSR count). The van der Waals surface area contributed by atoms with Crippen molar-refractivity contribution in [3.05, 3.63) is 40.5 Å². The number of benzene rings is 1. The molecule has 0 fully saturated rings. The standard InChI is InChI=1S/C14H17FN4OS/c1-8(9-4-6-10(15)7-5-9)17-13(20)11-12(16)18-14(21-11)19(2)3/h4-8H,16H2,1-3H3,(H,17,20). The van der Waals surface area contributed by atoms with E-state index in [1.165, 1.54) is 23.5 Å². The van der Waals surface area contributed by atoms with Gasteiger partial charge in [0.2, 0.25) is 0 Å². The van der Waals surface area contributed by atoms with Gasteiger partial charge in [0.1, 0.15) is 16.5 Å². The molecule has 1 amide bonds. The molecule has 0 aliphatic rings. The van der Waals surface area contributed by atoms with Crippen LogP contribution in [0.5, 0.6) is 0 Å². The molecule has 1 unspecified atom stereocenters. The molecule has 0 spiro atoms. The van der Waals surface area contributed by atoms with E-state index in [-0.39, 0.29) is 23.6 Å². The van der Waals surface area contributed by atoms with Crippen LogP contribution in [-0.2, 0) is 0 Å². The number of halogens is 1. The van der Waals surface area contributed by atoms with Crippen molar-refractivity contribution in [1.82, 2.24) is 10.3 Å². The first-order chi connectivity index (χ1) is 9.88. The lowest BCUT2D eigenvalue weighted by Crippen LogP contribution is -2.26. The SMILES string of the molecule is CC(NC(=O)c1sc(N(C)C)nc1N)c1ccc(F)cc1. The molecule has 0 saturated carbocycles. The van der Waals surface area contributed by atoms with Crippen LogP contribution in [0.3, 0.4) is 0 Å². The van der Waals surface area contributed by atoms with Crippen molar-refractivity contribution < 1.29 is 9.18 Å². The molecule has 0 aliphatic carbocycles. The van der Waals surface area contributed by atoms with Gasteiger partial charge >= 0.3 is 0 Å². The molecule has 112 valence electrons. The Morgan fingerprint density at radius 3 is 2.52 bits per heavy atom. The Morgan fingerprint density at radius 2 is 2.00 bits per heavy atom. The average Bonchev–Trinajstić information content (AvgIpc) is 2.81. The van der Waals surface area contributed by atoms with E-state index in [9.17, 15) is 9.18 Å². The van der Waals surface area contributed by atoms with Gasteiger partial charge in [-0.25, -0.2) is 9.37 Å². The second kappa shape index (κ2) is 6.09. The van der Waals surface area contributed by atoms with Crippen molar-refractivity contribution in [3.8, 4) is 0 Å². The van der Waals surface area contributed by atoms with E-state index >= 15 is 0 Å². The molecule has 3 N–H and O–H groups in total. The van der Waals surface area contributed by atoms with Gasteiger partial charge in [-0.1, -0.05) is 23.5 Å². The van der Waals surface area contributed by atoms with E-state index in [4.69, 9.17) is 5.73 Å². The normalized spacial score (nSPS) is 12.0. The molecular weight excluding hydrogens is 291 g/mol. The summed E-state index contributed by atoms with van der Waals surface area (Å²) in [5, 5.41) is 3.51. The fourth-order valence-electron chi connectivity index (χ4n) is 1.77. The van der Waals surface area contributed by atoms with Crippen LogP contribution in [0.4, 0.5) is 15.3 Å². The van der Waals surface area contributed by atoms with Gasteiger partial charge < -0.3 is 16.0 Å². The van der Waals surface area contributed by atoms with E-state index < -0.39 is 0 Å². The summed E-state index contributed by atoms with van der Waals surface area (Å²) >= 11 is 1.23. The van der Waals surface area contributed by atoms with Gasteiger partial charge in [-0.15, -0.1) is 0 Å². The molecule has 7 heteroatoms. The summed E-state index contributed by atoms with van der Waals surface area (Å²) in [5.41, 5.74) is 6.60. The topological polar surface area (TPSA) is 71.2 Å². The molecule has 5 nitrogen and oxygen atoms in total. The predicted molar refractivity (Wildman–Crippen MR) is 83.1 cm³/mol. The highest BCUT2D eigenvalue weighted by Crippen LogP contribution is 2.27. The van der Waals surface area contributed by atoms with Gasteiger partial charge in [0.25, 0.3) is 5.91 Å². The third kappa shape index (κ3) is 3.49. The lowest BCUT2D eigenvalue weighted by molar-refractivity contribution is 0.0944. The van der Waals surface area contributed by atoms with E-state index in [2.05, 4.69) is 10.3 Å². The number of nitrogens with two attached hydrogens (primary N) is 1. The molecule has 1 heterocycles. The fourth-order valence-corrected chi connectivity index (χ4v) is 2.58. The summed E-state index contributed by atoms with van der Waals surface area (Å²) in [5.74, 6) is -0.373. The molecule has 1 aromatic heterocycles. The minimum Gasteiger partial charge on any atom is -0.382 e. The van der Waals surface area contributed by atoms with Crippen molar-refractivity contribution in [3.63, 3.8) is 0 Å². The van der Waals surface area contributed by atoms with Gasteiger partial charge in [0.05, 0.1) is 6.04 Å². The second-order valence-corrected chi connectivity index (χ2v) is 5.83. The van der Waals surface area contributed by atoms with E-state index in [0.717, 1.165) is 5.56 Å². The van der Waals surface area contributed by atoms with E-state index in [0.29, 0.717) is 10.0 Å². The van der Waals surface area contributed by atoms with Crippen LogP contribution in [0, 0.1) is 5.82 Å². The van der Waals surface area contributed by atoms with E-state index in [1.54, 1.807) is 17.0 Å². The Morgan fingerprint density at radius 1 is 1.38 bits per heavy atom. The van der Waals surface area contributed by atoms with Gasteiger partial charge in [0, 0.05) is 14.1 Å². The van der Waals surface area contributed by atoms with Gasteiger partial charge in [0.15, 0.2) is 5.13 Å². The minimum absolute atomic E-state index is 0.215. The first-order valence-electron chi connectivity index (χ1n) is 6.38. The van der Waals surface area contributed by atoms with Crippen LogP contribution in [0.25, 0.3) is 0 Å². The molecule has 0 saturated heterocycles. The maximum Gasteiger partial charge on any atom is 0.265 e. The Balaban J connectivity index is 2.12. The number of aromatic nitrogens is 1. The highest BCUT2D eigenvalue weighted by Gasteiger charge is 2.19. The third-order valence-electron chi connectivity index (χ3n) is 2.95. The molecular formula is C14H17FN4OS. The molecule has 0 bridgehead atoms. The zero-order chi connectivity index (χ0) is 15.6. The maximum absolute atomic E-state index is 12.9. The van der Waals surface area contributed by atoms with Crippen molar-refractivity contribution >= 4 is 28.2 Å². The summed E-state index contributed by atoms with van der Waals surface area (Å²) in [4.78, 5) is 18.5. The molecule has 0 aliphatic heterocycles. The van der Waals surface area contributed by atoms with Crippen molar-refractivity contribution in [1.29, 1.82) is 0 Å². The second-order valence-electron chi connectivity index (χ2n) is 4.85. The predicted octanol–water partition coefficient (Wildman–Crippen LogP) is 2.42. The lowest BCUT2D eigenvalue weighted by Gasteiger charge is -2.13. The number of nitrogen functional groups attached to an aromatic ring is 1. The number of hydrogen-bond donors (Lipinski definition) is 2. The monoisotopic (exact) mass is 308 g/mol. The Hall–Kier alpha value is -2.15. The quantitative estimate of drug-likeness (QED) is 0.910. The highest BCUT2D eigenvalue weighted by molar-refractivity contribution is 7.18. The summed E-state index contributed by atoms with van der Waals surface area (Å²) < 4.78 is 12.9. The maximum atomic E-state index is 12.9. The fraction of sp³-hybridized carbons (Fsp3) is 0.286. The lowest BCUT2D eigenvalue weighted by atomic mass is 10.1. The van der Waals surface area contributed by atoms with Crippen LogP contribution in [0.1, 0.15) is 28.2 Å². The largest absolute Gasteiger partial charge is 0.382 e. The van der Waals surface area contributed by atoms with E-state index in [1.807, 2.05) is 21.0 Å². The minimum atomic E-state index is -0.306. The number of amides is 1. The summed E-state index contributed by atoms with van der Waals surface area (Å²) in [6.07, 6.45) is 0. The van der Waals surface area contributed by atoms with Gasteiger partial charge in [-0.3, -0.25) is 4.79 Å². The summed E-state index contributed by atoms with van der Waals surface area (Å²) in [6.45, 7) is 1.83. The third-order valence-corrected chi connectivity index (χ3v) is 4.19. The van der Waals surface area contributed by atoms with Crippen molar-refractivity contribution in [2.24, 2.45) is 0 Å². The molecule has 0 radical (unpaired) electrons. The molecule has 1 atom stereocenters. The van der Waals surface area contributed by atoms with Gasteiger partial charge in [-0.05, 0) is 24.6 Å².